The van der Waals surface area contributed by atoms with Gasteiger partial charge in [-0.05, 0) is 31.5 Å². The number of piperazine rings is 1. The average Bonchev–Trinajstić information content (AvgIpc) is 2.60. The third kappa shape index (κ3) is 4.29. The average molecular weight is 396 g/mol. The molecule has 1 aromatic heterocycles. The van der Waals surface area contributed by atoms with Crippen molar-refractivity contribution in [2.45, 2.75) is 32.5 Å². The van der Waals surface area contributed by atoms with Gasteiger partial charge in [0, 0.05) is 42.5 Å². The van der Waals surface area contributed by atoms with Crippen LogP contribution in [-0.2, 0) is 6.54 Å². The molecule has 7 heteroatoms. The fourth-order valence-corrected chi connectivity index (χ4v) is 3.30. The monoisotopic (exact) mass is 395 g/mol. The van der Waals surface area contributed by atoms with Crippen molar-refractivity contribution < 1.29 is 4.79 Å². The van der Waals surface area contributed by atoms with E-state index in [-0.39, 0.29) is 36.0 Å². The molecule has 140 valence electrons. The summed E-state index contributed by atoms with van der Waals surface area (Å²) in [7, 11) is 0. The van der Waals surface area contributed by atoms with Gasteiger partial charge in [0.2, 0.25) is 0 Å². The Hall–Kier alpha value is -1.82. The van der Waals surface area contributed by atoms with Gasteiger partial charge >= 0.3 is 0 Å². The van der Waals surface area contributed by atoms with Crippen molar-refractivity contribution in [3.63, 3.8) is 0 Å². The molecule has 0 spiro atoms. The molecule has 0 saturated carbocycles. The summed E-state index contributed by atoms with van der Waals surface area (Å²) in [6, 6.07) is 10.8. The molecule has 1 fully saturated rings. The number of hydrogen-bond acceptors (Lipinski definition) is 3. The number of benzene rings is 1. The van der Waals surface area contributed by atoms with Gasteiger partial charge in [0.15, 0.2) is 0 Å². The van der Waals surface area contributed by atoms with Crippen LogP contribution in [0.3, 0.4) is 0 Å². The minimum atomic E-state index is -0.154. The fourth-order valence-electron chi connectivity index (χ4n) is 3.10. The number of nitrogens with zero attached hydrogens (tertiary/aromatic N) is 2. The number of rotatable bonds is 3. The highest BCUT2D eigenvalue weighted by molar-refractivity contribution is 6.31. The zero-order valence-corrected chi connectivity index (χ0v) is 16.4. The number of carbonyl (C=O) groups is 1. The van der Waals surface area contributed by atoms with Crippen molar-refractivity contribution in [2.24, 2.45) is 0 Å². The predicted octanol–water partition coefficient (Wildman–Crippen LogP) is 2.79. The first-order valence-electron chi connectivity index (χ1n) is 8.45. The molecule has 0 bridgehead atoms. The Bertz CT molecular complexity index is 838. The van der Waals surface area contributed by atoms with Crippen molar-refractivity contribution in [1.82, 2.24) is 14.8 Å². The molecule has 0 radical (unpaired) electrons. The minimum Gasteiger partial charge on any atom is -0.333 e. The van der Waals surface area contributed by atoms with Gasteiger partial charge in [-0.25, -0.2) is 0 Å². The molecule has 2 unspecified atom stereocenters. The van der Waals surface area contributed by atoms with E-state index in [0.717, 1.165) is 12.1 Å². The van der Waals surface area contributed by atoms with Gasteiger partial charge in [-0.2, -0.15) is 0 Å². The summed E-state index contributed by atoms with van der Waals surface area (Å²) in [4.78, 5) is 26.9. The van der Waals surface area contributed by atoms with Crippen LogP contribution >= 0.6 is 24.0 Å². The second-order valence-electron chi connectivity index (χ2n) is 6.46. The van der Waals surface area contributed by atoms with Crippen LogP contribution < -0.4 is 10.9 Å². The Kier molecular flexibility index (Phi) is 6.87. The highest BCUT2D eigenvalue weighted by Gasteiger charge is 2.28. The number of hydrogen-bond donors (Lipinski definition) is 1. The lowest BCUT2D eigenvalue weighted by atomic mass is 10.1. The highest BCUT2D eigenvalue weighted by Crippen LogP contribution is 2.17. The van der Waals surface area contributed by atoms with E-state index in [1.54, 1.807) is 18.3 Å². The molecule has 5 nitrogen and oxygen atoms in total. The summed E-state index contributed by atoms with van der Waals surface area (Å²) in [5.41, 5.74) is 1.21. The van der Waals surface area contributed by atoms with Crippen molar-refractivity contribution in [2.75, 3.05) is 13.1 Å². The normalized spacial score (nSPS) is 19.7. The van der Waals surface area contributed by atoms with Gasteiger partial charge in [-0.3, -0.25) is 9.59 Å². The maximum Gasteiger partial charge on any atom is 0.255 e. The van der Waals surface area contributed by atoms with Crippen molar-refractivity contribution in [3.8, 4) is 0 Å². The molecular formula is C19H23Cl2N3O2. The lowest BCUT2D eigenvalue weighted by molar-refractivity contribution is 0.0602. The molecule has 2 heterocycles. The van der Waals surface area contributed by atoms with Crippen LogP contribution in [0, 0.1) is 0 Å². The van der Waals surface area contributed by atoms with Gasteiger partial charge < -0.3 is 14.8 Å². The number of amides is 1. The number of carbonyl (C=O) groups excluding carboxylic acids is 1. The van der Waals surface area contributed by atoms with Crippen LogP contribution in [0.25, 0.3) is 0 Å². The molecule has 2 atom stereocenters. The van der Waals surface area contributed by atoms with Crippen LogP contribution in [0.4, 0.5) is 0 Å². The summed E-state index contributed by atoms with van der Waals surface area (Å²) >= 11 is 6.19. The summed E-state index contributed by atoms with van der Waals surface area (Å²) < 4.78 is 1.53. The highest BCUT2D eigenvalue weighted by atomic mass is 35.5. The second kappa shape index (κ2) is 8.71. The van der Waals surface area contributed by atoms with E-state index in [4.69, 9.17) is 11.6 Å². The van der Waals surface area contributed by atoms with E-state index in [2.05, 4.69) is 12.2 Å². The zero-order chi connectivity index (χ0) is 18.0. The lowest BCUT2D eigenvalue weighted by Gasteiger charge is -2.38. The molecule has 1 N–H and O–H groups in total. The Labute approximate surface area is 164 Å². The number of aromatic nitrogens is 1. The van der Waals surface area contributed by atoms with Crippen LogP contribution in [-0.4, -0.2) is 40.5 Å². The summed E-state index contributed by atoms with van der Waals surface area (Å²) in [5, 5.41) is 3.97. The molecular weight excluding hydrogens is 373 g/mol. The lowest BCUT2D eigenvalue weighted by Crippen LogP contribution is -2.57. The van der Waals surface area contributed by atoms with Gasteiger partial charge in [-0.15, -0.1) is 12.4 Å². The zero-order valence-electron chi connectivity index (χ0n) is 14.8. The summed E-state index contributed by atoms with van der Waals surface area (Å²) in [5.74, 6) is -0.0474. The molecule has 1 aliphatic heterocycles. The van der Waals surface area contributed by atoms with E-state index >= 15 is 0 Å². The van der Waals surface area contributed by atoms with E-state index in [1.165, 1.54) is 10.6 Å². The van der Waals surface area contributed by atoms with Gasteiger partial charge in [0.05, 0.1) is 12.1 Å². The largest absolute Gasteiger partial charge is 0.333 e. The quantitative estimate of drug-likeness (QED) is 0.868. The van der Waals surface area contributed by atoms with Crippen LogP contribution in [0.5, 0.6) is 0 Å². The Morgan fingerprint density at radius 3 is 2.69 bits per heavy atom. The second-order valence-corrected chi connectivity index (χ2v) is 6.86. The minimum absolute atomic E-state index is 0. The SMILES string of the molecule is CC1NCCN(C(=O)c2ccc(=O)n(Cc3ccccc3Cl)c2)C1C.Cl. The Morgan fingerprint density at radius 1 is 1.23 bits per heavy atom. The summed E-state index contributed by atoms with van der Waals surface area (Å²) in [6.45, 7) is 5.88. The molecule has 1 amide bonds. The molecule has 26 heavy (non-hydrogen) atoms. The van der Waals surface area contributed by atoms with Crippen LogP contribution in [0.1, 0.15) is 29.8 Å². The van der Waals surface area contributed by atoms with E-state index in [0.29, 0.717) is 23.7 Å². The van der Waals surface area contributed by atoms with Crippen molar-refractivity contribution >= 4 is 29.9 Å². The smallest absolute Gasteiger partial charge is 0.255 e. The molecule has 1 aromatic carbocycles. The maximum absolute atomic E-state index is 12.9. The third-order valence-corrected chi connectivity index (χ3v) is 5.19. The standard InChI is InChI=1S/C19H22ClN3O2.ClH/c1-13-14(2)23(10-9-21-13)19(25)16-7-8-18(24)22(12-16)11-15-5-3-4-6-17(15)20;/h3-8,12-14,21H,9-11H2,1-2H3;1H. The first-order chi connectivity index (χ1) is 12.0. The molecule has 1 aliphatic rings. The van der Waals surface area contributed by atoms with E-state index in [9.17, 15) is 9.59 Å². The van der Waals surface area contributed by atoms with Crippen LogP contribution in [0.15, 0.2) is 47.4 Å². The maximum atomic E-state index is 12.9. The van der Waals surface area contributed by atoms with Crippen molar-refractivity contribution in [3.05, 3.63) is 69.1 Å². The first-order valence-corrected chi connectivity index (χ1v) is 8.83. The van der Waals surface area contributed by atoms with Crippen molar-refractivity contribution in [1.29, 1.82) is 0 Å². The van der Waals surface area contributed by atoms with E-state index < -0.39 is 0 Å². The van der Waals surface area contributed by atoms with Gasteiger partial charge in [0.25, 0.3) is 11.5 Å². The fraction of sp³-hybridized carbons (Fsp3) is 0.368. The molecule has 0 aliphatic carbocycles. The molecule has 2 aromatic rings. The topological polar surface area (TPSA) is 54.3 Å². The van der Waals surface area contributed by atoms with Crippen LogP contribution in [0.2, 0.25) is 5.02 Å². The number of pyridine rings is 1. The van der Waals surface area contributed by atoms with Gasteiger partial charge in [0.1, 0.15) is 0 Å². The first kappa shape index (κ1) is 20.5. The molecule has 3 rings (SSSR count). The molecule has 1 saturated heterocycles. The number of halogens is 2. The summed E-state index contributed by atoms with van der Waals surface area (Å²) in [6.07, 6.45) is 1.63. The Balaban J connectivity index is 0.00000243. The van der Waals surface area contributed by atoms with E-state index in [1.807, 2.05) is 30.0 Å². The Morgan fingerprint density at radius 2 is 1.96 bits per heavy atom. The van der Waals surface area contributed by atoms with Gasteiger partial charge in [-0.1, -0.05) is 29.8 Å². The number of nitrogens with one attached hydrogen (secondary N) is 1. The predicted molar refractivity (Wildman–Crippen MR) is 106 cm³/mol. The third-order valence-electron chi connectivity index (χ3n) is 4.82.